The molecule has 16 heavy (non-hydrogen) atoms. The van der Waals surface area contributed by atoms with Gasteiger partial charge in [-0.05, 0) is 32.1 Å². The van der Waals surface area contributed by atoms with Crippen LogP contribution >= 0.6 is 0 Å². The third-order valence-corrected chi connectivity index (χ3v) is 4.57. The zero-order valence-corrected chi connectivity index (χ0v) is 11.6. The molecule has 5 atom stereocenters. The van der Waals surface area contributed by atoms with E-state index in [1.54, 1.807) is 0 Å². The highest BCUT2D eigenvalue weighted by molar-refractivity contribution is 4.90. The smallest absolute Gasteiger partial charge is 0.0597 e. The van der Waals surface area contributed by atoms with Crippen LogP contribution in [0.3, 0.4) is 0 Å². The van der Waals surface area contributed by atoms with Gasteiger partial charge in [0.05, 0.1) is 12.2 Å². The molecule has 2 N–H and O–H groups in total. The first-order valence-electron chi connectivity index (χ1n) is 6.92. The van der Waals surface area contributed by atoms with Crippen LogP contribution in [0, 0.1) is 17.8 Å². The number of hydrogen-bond acceptors (Lipinski definition) is 2. The fourth-order valence-corrected chi connectivity index (χ4v) is 3.20. The second-order valence-corrected chi connectivity index (χ2v) is 5.56. The summed E-state index contributed by atoms with van der Waals surface area (Å²) in [6, 6.07) is 0.305. The van der Waals surface area contributed by atoms with Gasteiger partial charge in [-0.15, -0.1) is 0 Å². The van der Waals surface area contributed by atoms with Crippen LogP contribution in [0.15, 0.2) is 0 Å². The standard InChI is InChI=1S/C14H29NO/c1-6-12(7-2)8-13(15)14-9(3)10(4)16-11(14)5/h9-14H,6-8,15H2,1-5H3. The zero-order valence-electron chi connectivity index (χ0n) is 11.6. The van der Waals surface area contributed by atoms with Gasteiger partial charge in [0.15, 0.2) is 0 Å². The Bertz CT molecular complexity index is 203. The van der Waals surface area contributed by atoms with Crippen LogP contribution in [-0.4, -0.2) is 18.2 Å². The summed E-state index contributed by atoms with van der Waals surface area (Å²) in [6.45, 7) is 11.2. The van der Waals surface area contributed by atoms with E-state index in [1.165, 1.54) is 12.8 Å². The zero-order chi connectivity index (χ0) is 12.3. The van der Waals surface area contributed by atoms with Crippen LogP contribution in [0.1, 0.15) is 53.9 Å². The third kappa shape index (κ3) is 2.98. The monoisotopic (exact) mass is 227 g/mol. The molecule has 0 spiro atoms. The van der Waals surface area contributed by atoms with Crippen molar-refractivity contribution < 1.29 is 4.74 Å². The van der Waals surface area contributed by atoms with E-state index in [2.05, 4.69) is 34.6 Å². The fourth-order valence-electron chi connectivity index (χ4n) is 3.20. The SMILES string of the molecule is CCC(CC)CC(N)C1C(C)OC(C)C1C. The summed E-state index contributed by atoms with van der Waals surface area (Å²) in [4.78, 5) is 0. The molecule has 2 nitrogen and oxygen atoms in total. The Morgan fingerprint density at radius 1 is 1.06 bits per heavy atom. The number of rotatable bonds is 5. The van der Waals surface area contributed by atoms with Gasteiger partial charge < -0.3 is 10.5 Å². The maximum Gasteiger partial charge on any atom is 0.0597 e. The van der Waals surface area contributed by atoms with Crippen molar-refractivity contribution in [1.82, 2.24) is 0 Å². The molecule has 1 heterocycles. The summed E-state index contributed by atoms with van der Waals surface area (Å²) >= 11 is 0. The maximum absolute atomic E-state index is 6.39. The van der Waals surface area contributed by atoms with E-state index >= 15 is 0 Å². The minimum Gasteiger partial charge on any atom is -0.375 e. The molecule has 2 heteroatoms. The lowest BCUT2D eigenvalue weighted by molar-refractivity contribution is 0.0481. The van der Waals surface area contributed by atoms with Crippen molar-refractivity contribution in [1.29, 1.82) is 0 Å². The average Bonchev–Trinajstić information content (AvgIpc) is 2.49. The normalized spacial score (nSPS) is 36.9. The number of nitrogens with two attached hydrogens (primary N) is 1. The summed E-state index contributed by atoms with van der Waals surface area (Å²) in [7, 11) is 0. The molecule has 0 aromatic rings. The first-order valence-corrected chi connectivity index (χ1v) is 6.92. The summed E-state index contributed by atoms with van der Waals surface area (Å²) in [5.74, 6) is 1.92. The van der Waals surface area contributed by atoms with E-state index in [-0.39, 0.29) is 0 Å². The van der Waals surface area contributed by atoms with E-state index in [1.807, 2.05) is 0 Å². The molecule has 0 aliphatic carbocycles. The summed E-state index contributed by atoms with van der Waals surface area (Å²) in [6.07, 6.45) is 4.34. The highest BCUT2D eigenvalue weighted by atomic mass is 16.5. The Kier molecular flexibility index (Phi) is 5.26. The van der Waals surface area contributed by atoms with Gasteiger partial charge in [0.2, 0.25) is 0 Å². The second kappa shape index (κ2) is 6.02. The van der Waals surface area contributed by atoms with Gasteiger partial charge in [0.25, 0.3) is 0 Å². The average molecular weight is 227 g/mol. The molecule has 96 valence electrons. The van der Waals surface area contributed by atoms with Crippen molar-refractivity contribution in [3.63, 3.8) is 0 Å². The number of hydrogen-bond donors (Lipinski definition) is 1. The van der Waals surface area contributed by atoms with E-state index in [4.69, 9.17) is 10.5 Å². The van der Waals surface area contributed by atoms with Gasteiger partial charge in [-0.1, -0.05) is 33.6 Å². The van der Waals surface area contributed by atoms with Crippen LogP contribution in [-0.2, 0) is 4.74 Å². The van der Waals surface area contributed by atoms with Gasteiger partial charge in [0.1, 0.15) is 0 Å². The van der Waals surface area contributed by atoms with Gasteiger partial charge in [-0.3, -0.25) is 0 Å². The lowest BCUT2D eigenvalue weighted by Crippen LogP contribution is -2.39. The van der Waals surface area contributed by atoms with Crippen molar-refractivity contribution in [2.45, 2.75) is 72.1 Å². The van der Waals surface area contributed by atoms with E-state index in [0.29, 0.717) is 30.1 Å². The molecule has 1 aliphatic rings. The molecular weight excluding hydrogens is 198 g/mol. The predicted molar refractivity (Wildman–Crippen MR) is 69.3 cm³/mol. The quantitative estimate of drug-likeness (QED) is 0.783. The van der Waals surface area contributed by atoms with Crippen LogP contribution in [0.4, 0.5) is 0 Å². The van der Waals surface area contributed by atoms with Gasteiger partial charge >= 0.3 is 0 Å². The van der Waals surface area contributed by atoms with Crippen molar-refractivity contribution in [2.24, 2.45) is 23.5 Å². The molecule has 1 aliphatic heterocycles. The minimum absolute atomic E-state index is 0.305. The molecule has 0 radical (unpaired) electrons. The van der Waals surface area contributed by atoms with Crippen LogP contribution in [0.2, 0.25) is 0 Å². The Morgan fingerprint density at radius 2 is 1.62 bits per heavy atom. The van der Waals surface area contributed by atoms with E-state index < -0.39 is 0 Å². The molecular formula is C14H29NO. The molecule has 0 saturated carbocycles. The van der Waals surface area contributed by atoms with Crippen LogP contribution < -0.4 is 5.73 Å². The van der Waals surface area contributed by atoms with Gasteiger partial charge in [0, 0.05) is 12.0 Å². The van der Waals surface area contributed by atoms with Gasteiger partial charge in [-0.25, -0.2) is 0 Å². The molecule has 0 amide bonds. The molecule has 5 unspecified atom stereocenters. The topological polar surface area (TPSA) is 35.2 Å². The van der Waals surface area contributed by atoms with Crippen molar-refractivity contribution in [2.75, 3.05) is 0 Å². The maximum atomic E-state index is 6.39. The molecule has 0 aromatic heterocycles. The second-order valence-electron chi connectivity index (χ2n) is 5.56. The Balaban J connectivity index is 2.55. The van der Waals surface area contributed by atoms with Crippen LogP contribution in [0.25, 0.3) is 0 Å². The van der Waals surface area contributed by atoms with Crippen LogP contribution in [0.5, 0.6) is 0 Å². The van der Waals surface area contributed by atoms with E-state index in [9.17, 15) is 0 Å². The van der Waals surface area contributed by atoms with Crippen molar-refractivity contribution in [3.05, 3.63) is 0 Å². The predicted octanol–water partition coefficient (Wildman–Crippen LogP) is 3.20. The summed E-state index contributed by atoms with van der Waals surface area (Å²) in [5.41, 5.74) is 6.39. The third-order valence-electron chi connectivity index (χ3n) is 4.57. The summed E-state index contributed by atoms with van der Waals surface area (Å²) in [5, 5.41) is 0. The minimum atomic E-state index is 0.305. The molecule has 0 aromatic carbocycles. The lowest BCUT2D eigenvalue weighted by atomic mass is 9.79. The fraction of sp³-hybridized carbons (Fsp3) is 1.00. The Hall–Kier alpha value is -0.0800. The van der Waals surface area contributed by atoms with Crippen molar-refractivity contribution in [3.8, 4) is 0 Å². The first kappa shape index (κ1) is 14.0. The highest BCUT2D eigenvalue weighted by Crippen LogP contribution is 2.36. The molecule has 0 bridgehead atoms. The number of ether oxygens (including phenoxy) is 1. The highest BCUT2D eigenvalue weighted by Gasteiger charge is 2.40. The van der Waals surface area contributed by atoms with E-state index in [0.717, 1.165) is 12.3 Å². The molecule has 1 rings (SSSR count). The Morgan fingerprint density at radius 3 is 2.00 bits per heavy atom. The first-order chi connectivity index (χ1) is 7.51. The van der Waals surface area contributed by atoms with Crippen molar-refractivity contribution >= 4 is 0 Å². The largest absolute Gasteiger partial charge is 0.375 e. The Labute approximate surface area is 101 Å². The summed E-state index contributed by atoms with van der Waals surface area (Å²) < 4.78 is 5.88. The molecule has 1 fully saturated rings. The lowest BCUT2D eigenvalue weighted by Gasteiger charge is -2.28. The van der Waals surface area contributed by atoms with Gasteiger partial charge in [-0.2, -0.15) is 0 Å². The molecule has 1 saturated heterocycles.